The van der Waals surface area contributed by atoms with E-state index >= 15 is 0 Å². The van der Waals surface area contributed by atoms with Crippen molar-refractivity contribution in [3.05, 3.63) is 68.2 Å². The molecule has 0 atom stereocenters. The summed E-state index contributed by atoms with van der Waals surface area (Å²) in [5.41, 5.74) is 1.05. The number of carbonyl (C=O) groups excluding carboxylic acids is 1. The van der Waals surface area contributed by atoms with Crippen molar-refractivity contribution in [1.29, 1.82) is 0 Å². The van der Waals surface area contributed by atoms with Crippen molar-refractivity contribution in [2.45, 2.75) is 12.1 Å². The molecule has 4 aromatic rings. The SMILES string of the molecule is Cc1c(NC(=O)CSc2nc3sccc3c(=O)[nH]2)c(=O)n(-c2ccccc2)n1C. The lowest BCUT2D eigenvalue weighted by Gasteiger charge is -2.07. The number of fused-ring (bicyclic) bond motifs is 1. The van der Waals surface area contributed by atoms with Crippen LogP contribution in [-0.4, -0.2) is 31.0 Å². The molecule has 148 valence electrons. The fourth-order valence-corrected chi connectivity index (χ4v) is 4.42. The normalized spacial score (nSPS) is 11.1. The predicted molar refractivity (Wildman–Crippen MR) is 115 cm³/mol. The van der Waals surface area contributed by atoms with Gasteiger partial charge in [0.2, 0.25) is 5.91 Å². The van der Waals surface area contributed by atoms with E-state index in [0.29, 0.717) is 26.8 Å². The van der Waals surface area contributed by atoms with Crippen LogP contribution in [-0.2, 0) is 11.8 Å². The highest BCUT2D eigenvalue weighted by atomic mass is 32.2. The molecule has 3 heterocycles. The van der Waals surface area contributed by atoms with Gasteiger partial charge in [0.05, 0.1) is 22.5 Å². The molecule has 0 aliphatic carbocycles. The Kier molecular flexibility index (Phi) is 5.12. The highest BCUT2D eigenvalue weighted by molar-refractivity contribution is 7.99. The number of carbonyl (C=O) groups is 1. The molecule has 4 rings (SSSR count). The Bertz CT molecular complexity index is 1320. The molecular formula is C19H17N5O3S2. The van der Waals surface area contributed by atoms with Crippen LogP contribution in [0.15, 0.2) is 56.5 Å². The highest BCUT2D eigenvalue weighted by Gasteiger charge is 2.18. The number of thioether (sulfide) groups is 1. The number of amides is 1. The van der Waals surface area contributed by atoms with Crippen LogP contribution in [0.25, 0.3) is 15.9 Å². The molecule has 2 N–H and O–H groups in total. The number of nitrogens with zero attached hydrogens (tertiary/aromatic N) is 3. The van der Waals surface area contributed by atoms with E-state index in [0.717, 1.165) is 11.8 Å². The monoisotopic (exact) mass is 427 g/mol. The second-order valence-corrected chi connectivity index (χ2v) is 8.14. The van der Waals surface area contributed by atoms with Gasteiger partial charge >= 0.3 is 0 Å². The minimum atomic E-state index is -0.352. The van der Waals surface area contributed by atoms with E-state index in [1.165, 1.54) is 16.0 Å². The molecule has 10 heteroatoms. The second-order valence-electron chi connectivity index (χ2n) is 6.28. The van der Waals surface area contributed by atoms with Crippen molar-refractivity contribution in [2.24, 2.45) is 7.05 Å². The first kappa shape index (κ1) is 19.2. The van der Waals surface area contributed by atoms with E-state index in [9.17, 15) is 14.4 Å². The van der Waals surface area contributed by atoms with Gasteiger partial charge in [-0.15, -0.1) is 11.3 Å². The summed E-state index contributed by atoms with van der Waals surface area (Å²) in [5.74, 6) is -0.339. The molecule has 0 aliphatic rings. The van der Waals surface area contributed by atoms with Crippen LogP contribution >= 0.6 is 23.1 Å². The van der Waals surface area contributed by atoms with Gasteiger partial charge in [0.15, 0.2) is 5.16 Å². The molecule has 0 saturated carbocycles. The molecule has 0 radical (unpaired) electrons. The molecule has 0 saturated heterocycles. The van der Waals surface area contributed by atoms with E-state index in [4.69, 9.17) is 0 Å². The Morgan fingerprint density at radius 2 is 2.00 bits per heavy atom. The Morgan fingerprint density at radius 3 is 2.76 bits per heavy atom. The summed E-state index contributed by atoms with van der Waals surface area (Å²) in [6.45, 7) is 1.77. The number of anilines is 1. The van der Waals surface area contributed by atoms with E-state index < -0.39 is 0 Å². The minimum Gasteiger partial charge on any atom is -0.319 e. The third-order valence-corrected chi connectivity index (χ3v) is 6.15. The van der Waals surface area contributed by atoms with Crippen molar-refractivity contribution in [3.8, 4) is 5.69 Å². The predicted octanol–water partition coefficient (Wildman–Crippen LogP) is 2.51. The number of H-pyrrole nitrogens is 1. The van der Waals surface area contributed by atoms with Gasteiger partial charge in [0, 0.05) is 7.05 Å². The van der Waals surface area contributed by atoms with Gasteiger partial charge < -0.3 is 10.3 Å². The van der Waals surface area contributed by atoms with Crippen molar-refractivity contribution < 1.29 is 4.79 Å². The standard InChI is InChI=1S/C19H17N5O3S2/c1-11-15(18(27)24(23(11)2)12-6-4-3-5-7-12)20-14(25)10-29-19-21-16(26)13-8-9-28-17(13)22-19/h3-9H,10H2,1-2H3,(H,20,25)(H,21,22,26). The molecule has 0 bridgehead atoms. The average Bonchev–Trinajstić information content (AvgIpc) is 3.27. The van der Waals surface area contributed by atoms with Gasteiger partial charge in [-0.3, -0.25) is 19.1 Å². The molecule has 0 fully saturated rings. The maximum Gasteiger partial charge on any atom is 0.295 e. The molecule has 0 spiro atoms. The lowest BCUT2D eigenvalue weighted by Crippen LogP contribution is -2.23. The zero-order chi connectivity index (χ0) is 20.5. The van der Waals surface area contributed by atoms with Gasteiger partial charge in [0.25, 0.3) is 11.1 Å². The van der Waals surface area contributed by atoms with E-state index in [2.05, 4.69) is 15.3 Å². The third kappa shape index (κ3) is 3.64. The number of para-hydroxylation sites is 1. The average molecular weight is 428 g/mol. The van der Waals surface area contributed by atoms with Crippen molar-refractivity contribution in [1.82, 2.24) is 19.3 Å². The first-order valence-electron chi connectivity index (χ1n) is 8.70. The van der Waals surface area contributed by atoms with Crippen LogP contribution in [0.5, 0.6) is 0 Å². The molecule has 1 aromatic carbocycles. The summed E-state index contributed by atoms with van der Waals surface area (Å²) in [4.78, 5) is 44.9. The Morgan fingerprint density at radius 1 is 1.24 bits per heavy atom. The van der Waals surface area contributed by atoms with Crippen molar-refractivity contribution in [3.63, 3.8) is 0 Å². The number of aromatic amines is 1. The van der Waals surface area contributed by atoms with Gasteiger partial charge in [-0.1, -0.05) is 30.0 Å². The zero-order valence-corrected chi connectivity index (χ0v) is 17.3. The second kappa shape index (κ2) is 7.72. The van der Waals surface area contributed by atoms with Crippen molar-refractivity contribution in [2.75, 3.05) is 11.1 Å². The number of aromatic nitrogens is 4. The number of nitrogens with one attached hydrogen (secondary N) is 2. The number of rotatable bonds is 5. The summed E-state index contributed by atoms with van der Waals surface area (Å²) < 4.78 is 3.20. The first-order chi connectivity index (χ1) is 14.0. The van der Waals surface area contributed by atoms with Gasteiger partial charge in [0.1, 0.15) is 10.5 Å². The number of benzene rings is 1. The third-order valence-electron chi connectivity index (χ3n) is 4.47. The zero-order valence-electron chi connectivity index (χ0n) is 15.6. The van der Waals surface area contributed by atoms with E-state index in [1.807, 2.05) is 30.3 Å². The maximum atomic E-state index is 12.8. The van der Waals surface area contributed by atoms with Crippen LogP contribution in [0.3, 0.4) is 0 Å². The fraction of sp³-hybridized carbons (Fsp3) is 0.158. The summed E-state index contributed by atoms with van der Waals surface area (Å²) in [7, 11) is 1.76. The van der Waals surface area contributed by atoms with Gasteiger partial charge in [-0.2, -0.15) is 0 Å². The maximum absolute atomic E-state index is 12.8. The number of hydrogen-bond acceptors (Lipinski definition) is 6. The summed E-state index contributed by atoms with van der Waals surface area (Å²) >= 11 is 2.48. The molecule has 0 aliphatic heterocycles. The minimum absolute atomic E-state index is 0.0128. The number of thiophene rings is 1. The molecular weight excluding hydrogens is 410 g/mol. The Labute approximate surface area is 173 Å². The van der Waals surface area contributed by atoms with Crippen LogP contribution in [0.4, 0.5) is 5.69 Å². The summed E-state index contributed by atoms with van der Waals surface area (Å²) in [6, 6.07) is 10.9. The van der Waals surface area contributed by atoms with Crippen LogP contribution in [0.1, 0.15) is 5.69 Å². The van der Waals surface area contributed by atoms with Crippen LogP contribution in [0.2, 0.25) is 0 Å². The van der Waals surface area contributed by atoms with Crippen LogP contribution < -0.4 is 16.4 Å². The number of hydrogen-bond donors (Lipinski definition) is 2. The fourth-order valence-electron chi connectivity index (χ4n) is 2.94. The largest absolute Gasteiger partial charge is 0.319 e. The topological polar surface area (TPSA) is 102 Å². The highest BCUT2D eigenvalue weighted by Crippen LogP contribution is 2.19. The molecule has 3 aromatic heterocycles. The first-order valence-corrected chi connectivity index (χ1v) is 10.6. The summed E-state index contributed by atoms with van der Waals surface area (Å²) in [6.07, 6.45) is 0. The Hall–Kier alpha value is -3.11. The molecule has 8 nitrogen and oxygen atoms in total. The lowest BCUT2D eigenvalue weighted by molar-refractivity contribution is -0.113. The Balaban J connectivity index is 1.52. The lowest BCUT2D eigenvalue weighted by atomic mass is 10.3. The van der Waals surface area contributed by atoms with Gasteiger partial charge in [-0.05, 0) is 30.5 Å². The van der Waals surface area contributed by atoms with E-state index in [-0.39, 0.29) is 28.5 Å². The molecule has 0 unspecified atom stereocenters. The van der Waals surface area contributed by atoms with Gasteiger partial charge in [-0.25, -0.2) is 9.67 Å². The molecule has 29 heavy (non-hydrogen) atoms. The van der Waals surface area contributed by atoms with Crippen molar-refractivity contribution >= 4 is 44.9 Å². The summed E-state index contributed by atoms with van der Waals surface area (Å²) in [5, 5.41) is 5.39. The smallest absolute Gasteiger partial charge is 0.295 e. The molecule has 1 amide bonds. The van der Waals surface area contributed by atoms with E-state index in [1.54, 1.807) is 30.1 Å². The quantitative estimate of drug-likeness (QED) is 0.376. The van der Waals surface area contributed by atoms with Crippen LogP contribution in [0, 0.1) is 6.92 Å².